The van der Waals surface area contributed by atoms with Gasteiger partial charge in [0.25, 0.3) is 5.91 Å². The first-order chi connectivity index (χ1) is 10.3. The number of carbonyl (C=O) groups excluding carboxylic acids is 1. The predicted octanol–water partition coefficient (Wildman–Crippen LogP) is 2.46. The number of fused-ring (bicyclic) bond motifs is 1. The van der Waals surface area contributed by atoms with Crippen LogP contribution in [0.2, 0.25) is 0 Å². The number of anilines is 1. The second kappa shape index (κ2) is 5.87. The number of hydrogen-bond acceptors (Lipinski definition) is 3. The highest BCUT2D eigenvalue weighted by molar-refractivity contribution is 5.94. The summed E-state index contributed by atoms with van der Waals surface area (Å²) in [5.74, 6) is 0.698. The van der Waals surface area contributed by atoms with Crippen molar-refractivity contribution in [2.24, 2.45) is 0 Å². The lowest BCUT2D eigenvalue weighted by molar-refractivity contribution is 0.0938. The van der Waals surface area contributed by atoms with Gasteiger partial charge >= 0.3 is 0 Å². The summed E-state index contributed by atoms with van der Waals surface area (Å²) < 4.78 is 5.10. The number of nitrogens with one attached hydrogen (secondary N) is 2. The lowest BCUT2D eigenvalue weighted by Gasteiger charge is -2.26. The van der Waals surface area contributed by atoms with E-state index in [1.165, 1.54) is 5.56 Å². The third kappa shape index (κ3) is 2.99. The molecule has 2 aromatic rings. The van der Waals surface area contributed by atoms with Crippen LogP contribution in [0.4, 0.5) is 5.69 Å². The Hall–Kier alpha value is -2.49. The van der Waals surface area contributed by atoms with Crippen molar-refractivity contribution >= 4 is 11.6 Å². The monoisotopic (exact) mass is 282 g/mol. The van der Waals surface area contributed by atoms with E-state index in [4.69, 9.17) is 4.74 Å². The summed E-state index contributed by atoms with van der Waals surface area (Å²) in [6, 6.07) is 15.4. The molecule has 1 aliphatic rings. The smallest absolute Gasteiger partial charge is 0.251 e. The Kier molecular flexibility index (Phi) is 3.77. The normalized spacial score (nSPS) is 16.5. The maximum Gasteiger partial charge on any atom is 0.251 e. The van der Waals surface area contributed by atoms with Gasteiger partial charge in [0.1, 0.15) is 5.75 Å². The van der Waals surface area contributed by atoms with Gasteiger partial charge in [-0.1, -0.05) is 18.2 Å². The van der Waals surface area contributed by atoms with Gasteiger partial charge < -0.3 is 15.4 Å². The molecule has 108 valence electrons. The summed E-state index contributed by atoms with van der Waals surface area (Å²) in [5.41, 5.74) is 3.05. The number of rotatable bonds is 3. The fourth-order valence-electron chi connectivity index (χ4n) is 2.55. The highest BCUT2D eigenvalue weighted by atomic mass is 16.5. The van der Waals surface area contributed by atoms with Crippen molar-refractivity contribution in [3.8, 4) is 5.75 Å². The molecule has 1 aliphatic heterocycles. The summed E-state index contributed by atoms with van der Waals surface area (Å²) in [6.07, 6.45) is 0.852. The van der Waals surface area contributed by atoms with Gasteiger partial charge in [0.05, 0.1) is 13.2 Å². The molecule has 0 bridgehead atoms. The first kappa shape index (κ1) is 13.5. The Bertz CT molecular complexity index is 637. The lowest BCUT2D eigenvalue weighted by Crippen LogP contribution is -2.43. The zero-order valence-corrected chi connectivity index (χ0v) is 11.9. The third-order valence-corrected chi connectivity index (χ3v) is 3.71. The molecule has 4 heteroatoms. The van der Waals surface area contributed by atoms with E-state index in [1.54, 1.807) is 31.4 Å². The number of benzene rings is 2. The Morgan fingerprint density at radius 3 is 2.71 bits per heavy atom. The molecule has 0 fully saturated rings. The second-order valence-electron chi connectivity index (χ2n) is 5.14. The first-order valence-corrected chi connectivity index (χ1v) is 7.03. The Morgan fingerprint density at radius 1 is 1.19 bits per heavy atom. The SMILES string of the molecule is COc1ccc(C(=O)NC2CNc3ccccc3C2)cc1. The molecule has 0 saturated heterocycles. The molecule has 1 amide bonds. The minimum absolute atomic E-state index is 0.0520. The largest absolute Gasteiger partial charge is 0.497 e. The summed E-state index contributed by atoms with van der Waals surface area (Å²) >= 11 is 0. The van der Waals surface area contributed by atoms with Crippen molar-refractivity contribution in [1.82, 2.24) is 5.32 Å². The van der Waals surface area contributed by atoms with E-state index in [0.29, 0.717) is 5.56 Å². The van der Waals surface area contributed by atoms with Crippen LogP contribution in [0.3, 0.4) is 0 Å². The highest BCUT2D eigenvalue weighted by Crippen LogP contribution is 2.21. The molecule has 2 aromatic carbocycles. The summed E-state index contributed by atoms with van der Waals surface area (Å²) in [5, 5.41) is 6.42. The molecule has 0 spiro atoms. The molecule has 1 atom stereocenters. The molecule has 3 rings (SSSR count). The molecule has 21 heavy (non-hydrogen) atoms. The number of hydrogen-bond donors (Lipinski definition) is 2. The van der Waals surface area contributed by atoms with E-state index >= 15 is 0 Å². The van der Waals surface area contributed by atoms with Crippen molar-refractivity contribution in [3.63, 3.8) is 0 Å². The van der Waals surface area contributed by atoms with Crippen molar-refractivity contribution in [3.05, 3.63) is 59.7 Å². The van der Waals surface area contributed by atoms with Crippen LogP contribution in [0.25, 0.3) is 0 Å². The van der Waals surface area contributed by atoms with Gasteiger partial charge in [0, 0.05) is 17.8 Å². The highest BCUT2D eigenvalue weighted by Gasteiger charge is 2.19. The number of ether oxygens (including phenoxy) is 1. The lowest BCUT2D eigenvalue weighted by atomic mass is 9.99. The van der Waals surface area contributed by atoms with Crippen LogP contribution in [0.1, 0.15) is 15.9 Å². The maximum absolute atomic E-state index is 12.2. The Morgan fingerprint density at radius 2 is 1.95 bits per heavy atom. The van der Waals surface area contributed by atoms with Crippen LogP contribution in [0.15, 0.2) is 48.5 Å². The van der Waals surface area contributed by atoms with Crippen LogP contribution < -0.4 is 15.4 Å². The minimum atomic E-state index is -0.0520. The minimum Gasteiger partial charge on any atom is -0.497 e. The summed E-state index contributed by atoms with van der Waals surface area (Å²) in [4.78, 5) is 12.2. The van der Waals surface area contributed by atoms with Gasteiger partial charge in [0.2, 0.25) is 0 Å². The van der Waals surface area contributed by atoms with E-state index in [0.717, 1.165) is 24.4 Å². The average molecular weight is 282 g/mol. The molecule has 0 aliphatic carbocycles. The van der Waals surface area contributed by atoms with Gasteiger partial charge in [-0.15, -0.1) is 0 Å². The predicted molar refractivity (Wildman–Crippen MR) is 82.9 cm³/mol. The van der Waals surface area contributed by atoms with Crippen molar-refractivity contribution < 1.29 is 9.53 Å². The molecule has 0 saturated carbocycles. The molecular weight excluding hydrogens is 264 g/mol. The Labute approximate surface area is 124 Å². The van der Waals surface area contributed by atoms with E-state index in [9.17, 15) is 4.79 Å². The zero-order chi connectivity index (χ0) is 14.7. The third-order valence-electron chi connectivity index (χ3n) is 3.71. The molecular formula is C17H18N2O2. The van der Waals surface area contributed by atoms with Crippen LogP contribution in [0, 0.1) is 0 Å². The van der Waals surface area contributed by atoms with Gasteiger partial charge in [-0.25, -0.2) is 0 Å². The van der Waals surface area contributed by atoms with Crippen LogP contribution in [-0.4, -0.2) is 25.6 Å². The number of carbonyl (C=O) groups is 1. The summed E-state index contributed by atoms with van der Waals surface area (Å²) in [6.45, 7) is 0.749. The quantitative estimate of drug-likeness (QED) is 0.909. The molecule has 1 heterocycles. The van der Waals surface area contributed by atoms with Crippen molar-refractivity contribution in [2.75, 3.05) is 19.0 Å². The molecule has 4 nitrogen and oxygen atoms in total. The van der Waals surface area contributed by atoms with Crippen molar-refractivity contribution in [1.29, 1.82) is 0 Å². The zero-order valence-electron chi connectivity index (χ0n) is 11.9. The molecule has 0 radical (unpaired) electrons. The van der Waals surface area contributed by atoms with E-state index in [2.05, 4.69) is 22.8 Å². The van der Waals surface area contributed by atoms with Crippen LogP contribution in [0.5, 0.6) is 5.75 Å². The summed E-state index contributed by atoms with van der Waals surface area (Å²) in [7, 11) is 1.61. The van der Waals surface area contributed by atoms with E-state index in [-0.39, 0.29) is 11.9 Å². The fraction of sp³-hybridized carbons (Fsp3) is 0.235. The molecule has 0 aromatic heterocycles. The van der Waals surface area contributed by atoms with Gasteiger partial charge in [-0.3, -0.25) is 4.79 Å². The van der Waals surface area contributed by atoms with Crippen LogP contribution in [-0.2, 0) is 6.42 Å². The average Bonchev–Trinajstić information content (AvgIpc) is 2.55. The van der Waals surface area contributed by atoms with Gasteiger partial charge in [0.15, 0.2) is 0 Å². The molecule has 1 unspecified atom stereocenters. The van der Waals surface area contributed by atoms with Gasteiger partial charge in [-0.05, 0) is 42.3 Å². The maximum atomic E-state index is 12.2. The first-order valence-electron chi connectivity index (χ1n) is 7.03. The van der Waals surface area contributed by atoms with E-state index in [1.807, 2.05) is 12.1 Å². The standard InChI is InChI=1S/C17H18N2O2/c1-21-15-8-6-12(7-9-15)17(20)19-14-10-13-4-2-3-5-16(13)18-11-14/h2-9,14,18H,10-11H2,1H3,(H,19,20). The van der Waals surface area contributed by atoms with E-state index < -0.39 is 0 Å². The van der Waals surface area contributed by atoms with Crippen LogP contribution >= 0.6 is 0 Å². The van der Waals surface area contributed by atoms with Gasteiger partial charge in [-0.2, -0.15) is 0 Å². The topological polar surface area (TPSA) is 50.4 Å². The second-order valence-corrected chi connectivity index (χ2v) is 5.14. The number of amides is 1. The molecule has 2 N–H and O–H groups in total. The number of para-hydroxylation sites is 1. The Balaban J connectivity index is 1.65. The fourth-order valence-corrected chi connectivity index (χ4v) is 2.55. The van der Waals surface area contributed by atoms with Crippen molar-refractivity contribution in [2.45, 2.75) is 12.5 Å². The number of methoxy groups -OCH3 is 1.